The average Bonchev–Trinajstić information content (AvgIpc) is 2.73. The highest BCUT2D eigenvalue weighted by Gasteiger charge is 2.23. The van der Waals surface area contributed by atoms with Gasteiger partial charge in [0.2, 0.25) is 0 Å². The molecular weight excluding hydrogens is 464 g/mol. The lowest BCUT2D eigenvalue weighted by Gasteiger charge is -2.34. The Hall–Kier alpha value is -3.05. The van der Waals surface area contributed by atoms with E-state index >= 15 is 0 Å². The molecule has 0 aromatic heterocycles. The summed E-state index contributed by atoms with van der Waals surface area (Å²) in [6.45, 7) is 9.04. The van der Waals surface area contributed by atoms with E-state index in [9.17, 15) is 9.59 Å². The van der Waals surface area contributed by atoms with Crippen LogP contribution in [0.4, 0.5) is 9.59 Å². The first-order valence-corrected chi connectivity index (χ1v) is 11.4. The second-order valence-corrected chi connectivity index (χ2v) is 7.46. The highest BCUT2D eigenvalue weighted by molar-refractivity contribution is 7.79. The summed E-state index contributed by atoms with van der Waals surface area (Å²) < 4.78 is 41.3. The lowest BCUT2D eigenvalue weighted by atomic mass is 10.3. The van der Waals surface area contributed by atoms with Gasteiger partial charge in [-0.15, -0.1) is 0 Å². The molecule has 0 bridgehead atoms. The monoisotopic (exact) mass is 498 g/mol. The average molecular weight is 499 g/mol. The van der Waals surface area contributed by atoms with Crippen LogP contribution in [0, 0.1) is 10.8 Å². The highest BCUT2D eigenvalue weighted by atomic mass is 32.3. The number of hydrogen-bond donors (Lipinski definition) is 6. The van der Waals surface area contributed by atoms with Crippen molar-refractivity contribution in [1.29, 1.82) is 10.8 Å². The van der Waals surface area contributed by atoms with E-state index < -0.39 is 10.4 Å². The van der Waals surface area contributed by atoms with E-state index in [4.69, 9.17) is 49.3 Å². The molecule has 0 aliphatic carbocycles. The molecule has 2 rings (SSSR count). The Kier molecular flexibility index (Phi) is 13.5. The lowest BCUT2D eigenvalue weighted by Crippen LogP contribution is -2.52. The largest absolute Gasteiger partial charge is 0.450 e. The third-order valence-electron chi connectivity index (χ3n) is 4.29. The van der Waals surface area contributed by atoms with Gasteiger partial charge in [0.05, 0.1) is 13.2 Å². The highest BCUT2D eigenvalue weighted by Crippen LogP contribution is 2.03. The van der Waals surface area contributed by atoms with E-state index in [1.807, 2.05) is 0 Å². The molecule has 33 heavy (non-hydrogen) atoms. The zero-order valence-electron chi connectivity index (χ0n) is 18.8. The fourth-order valence-electron chi connectivity index (χ4n) is 2.69. The number of nitrogens with zero attached hydrogens (tertiary/aromatic N) is 4. The lowest BCUT2D eigenvalue weighted by molar-refractivity contribution is 0.0911. The fraction of sp³-hybridized carbons (Fsp3) is 0.750. The molecule has 0 saturated carbocycles. The second kappa shape index (κ2) is 14.9. The predicted octanol–water partition coefficient (Wildman–Crippen LogP) is -1.34. The van der Waals surface area contributed by atoms with Crippen molar-refractivity contribution < 1.29 is 36.6 Å². The van der Waals surface area contributed by atoms with Crippen molar-refractivity contribution in [2.45, 2.75) is 13.8 Å². The summed E-state index contributed by atoms with van der Waals surface area (Å²) >= 11 is 0. The van der Waals surface area contributed by atoms with Gasteiger partial charge < -0.3 is 40.5 Å². The minimum absolute atomic E-state index is 0.0634. The number of guanidine groups is 2. The molecule has 0 unspecified atom stereocenters. The maximum atomic E-state index is 11.3. The van der Waals surface area contributed by atoms with Gasteiger partial charge in [0.25, 0.3) is 0 Å². The van der Waals surface area contributed by atoms with Crippen LogP contribution >= 0.6 is 0 Å². The molecule has 0 atom stereocenters. The number of piperazine rings is 2. The summed E-state index contributed by atoms with van der Waals surface area (Å²) in [6.07, 6.45) is -0.564. The summed E-state index contributed by atoms with van der Waals surface area (Å²) in [4.78, 5) is 29.3. The van der Waals surface area contributed by atoms with Gasteiger partial charge in [-0.2, -0.15) is 8.42 Å². The zero-order valence-corrected chi connectivity index (χ0v) is 19.6. The molecule has 0 spiro atoms. The zero-order chi connectivity index (χ0) is 25.6. The van der Waals surface area contributed by atoms with Crippen LogP contribution in [0.3, 0.4) is 0 Å². The summed E-state index contributed by atoms with van der Waals surface area (Å²) in [5, 5.41) is 14.4. The Morgan fingerprint density at radius 1 is 0.727 bits per heavy atom. The smallest absolute Gasteiger partial charge is 0.409 e. The third kappa shape index (κ3) is 13.9. The molecule has 2 amide bonds. The van der Waals surface area contributed by atoms with Gasteiger partial charge in [0.1, 0.15) is 0 Å². The van der Waals surface area contributed by atoms with Crippen molar-refractivity contribution in [3.63, 3.8) is 0 Å². The first kappa shape index (κ1) is 29.9. The number of carbonyl (C=O) groups is 2. The van der Waals surface area contributed by atoms with E-state index in [0.29, 0.717) is 65.6 Å². The van der Waals surface area contributed by atoms with Crippen LogP contribution in [0.25, 0.3) is 0 Å². The minimum Gasteiger partial charge on any atom is -0.450 e. The van der Waals surface area contributed by atoms with Crippen molar-refractivity contribution in [3.8, 4) is 0 Å². The number of nitrogens with one attached hydrogen (secondary N) is 2. The Labute approximate surface area is 192 Å². The number of nitrogens with two attached hydrogens (primary N) is 2. The van der Waals surface area contributed by atoms with Crippen LogP contribution in [0.15, 0.2) is 0 Å². The van der Waals surface area contributed by atoms with Crippen LogP contribution in [0.5, 0.6) is 0 Å². The fourth-order valence-corrected chi connectivity index (χ4v) is 2.69. The molecule has 2 heterocycles. The molecule has 2 aliphatic rings. The van der Waals surface area contributed by atoms with E-state index in [1.54, 1.807) is 33.4 Å². The van der Waals surface area contributed by atoms with Crippen molar-refractivity contribution in [1.82, 2.24) is 19.6 Å². The number of rotatable bonds is 2. The Morgan fingerprint density at radius 3 is 1.12 bits per heavy atom. The van der Waals surface area contributed by atoms with Gasteiger partial charge in [-0.1, -0.05) is 0 Å². The molecule has 8 N–H and O–H groups in total. The summed E-state index contributed by atoms with van der Waals surface area (Å²) in [7, 11) is -4.67. The number of hydrogen-bond acceptors (Lipinski definition) is 8. The van der Waals surface area contributed by atoms with E-state index in [1.165, 1.54) is 0 Å². The summed E-state index contributed by atoms with van der Waals surface area (Å²) in [6, 6.07) is 0. The quantitative estimate of drug-likeness (QED) is 0.147. The molecule has 0 aromatic carbocycles. The van der Waals surface area contributed by atoms with E-state index in [2.05, 4.69) is 0 Å². The van der Waals surface area contributed by atoms with Crippen LogP contribution in [-0.4, -0.2) is 127 Å². The second-order valence-electron chi connectivity index (χ2n) is 6.56. The van der Waals surface area contributed by atoms with Crippen molar-refractivity contribution in [2.75, 3.05) is 65.6 Å². The molecule has 2 aliphatic heterocycles. The molecule has 2 fully saturated rings. The van der Waals surface area contributed by atoms with Gasteiger partial charge in [-0.05, 0) is 13.8 Å². The van der Waals surface area contributed by atoms with Gasteiger partial charge in [0.15, 0.2) is 11.9 Å². The van der Waals surface area contributed by atoms with E-state index in [-0.39, 0.29) is 24.1 Å². The third-order valence-corrected chi connectivity index (χ3v) is 4.29. The number of amides is 2. The van der Waals surface area contributed by atoms with Crippen LogP contribution in [0.2, 0.25) is 0 Å². The van der Waals surface area contributed by atoms with Crippen molar-refractivity contribution >= 4 is 34.5 Å². The summed E-state index contributed by atoms with van der Waals surface area (Å²) in [5.74, 6) is 0.127. The van der Waals surface area contributed by atoms with Gasteiger partial charge in [-0.3, -0.25) is 19.9 Å². The van der Waals surface area contributed by atoms with Crippen molar-refractivity contribution in [2.24, 2.45) is 11.5 Å². The molecule has 0 radical (unpaired) electrons. The Balaban J connectivity index is 0.000000517. The maximum Gasteiger partial charge on any atom is 0.409 e. The topological polar surface area (TPSA) is 240 Å². The van der Waals surface area contributed by atoms with Crippen LogP contribution < -0.4 is 11.5 Å². The van der Waals surface area contributed by atoms with Gasteiger partial charge >= 0.3 is 22.6 Å². The SMILES string of the molecule is CCOC(=O)N1CCN(C(=N)N)CC1.CCOC(=O)N1CCN(C(=N)N)CC1.O=S(=O)(O)O. The molecule has 0 aromatic rings. The first-order valence-electron chi connectivity index (χ1n) is 10.0. The normalized spacial score (nSPS) is 15.9. The Bertz CT molecular complexity index is 694. The predicted molar refractivity (Wildman–Crippen MR) is 118 cm³/mol. The Morgan fingerprint density at radius 2 is 0.939 bits per heavy atom. The molecule has 17 heteroatoms. The van der Waals surface area contributed by atoms with Crippen LogP contribution in [0.1, 0.15) is 13.8 Å². The van der Waals surface area contributed by atoms with Crippen LogP contribution in [-0.2, 0) is 19.9 Å². The summed E-state index contributed by atoms with van der Waals surface area (Å²) in [5.41, 5.74) is 10.6. The molecule has 16 nitrogen and oxygen atoms in total. The first-order chi connectivity index (χ1) is 15.3. The standard InChI is InChI=1S/2C8H16N4O2.H2O4S/c2*1-2-14-8(13)12-5-3-11(4-6-12)7(9)10;1-5(2,3)4/h2*2-6H2,1H3,(H3,9,10);(H2,1,2,3,4). The molecule has 192 valence electrons. The minimum atomic E-state index is -4.67. The van der Waals surface area contributed by atoms with Gasteiger partial charge in [-0.25, -0.2) is 9.59 Å². The number of ether oxygens (including phenoxy) is 2. The van der Waals surface area contributed by atoms with E-state index in [0.717, 1.165) is 0 Å². The maximum absolute atomic E-state index is 11.3. The van der Waals surface area contributed by atoms with Crippen molar-refractivity contribution in [3.05, 3.63) is 0 Å². The number of carbonyl (C=O) groups excluding carboxylic acids is 2. The molecule has 2 saturated heterocycles. The van der Waals surface area contributed by atoms with Gasteiger partial charge in [0, 0.05) is 52.4 Å². The molecular formula is C16H34N8O8S.